The molecule has 1 unspecified atom stereocenters. The number of β-amino-alcohol motifs (C(OH)–C–C–N with tert-alkyl or cyclic N) is 2. The average molecular weight is 426 g/mol. The molecule has 2 aromatic carbocycles. The molecular weight excluding hydrogens is 390 g/mol. The normalized spacial score (nSPS) is 30.0. The topological polar surface area (TPSA) is 62.2 Å². The Morgan fingerprint density at radius 3 is 2.55 bits per heavy atom. The largest absolute Gasteiger partial charge is 0.490 e. The first-order valence-corrected chi connectivity index (χ1v) is 11.4. The SMILES string of the molecule is Cc1cccc(OCC2(O)COCCN(CC3(O)CCC(c4ccccc4)CC3)C2)c1. The quantitative estimate of drug-likeness (QED) is 0.742. The summed E-state index contributed by atoms with van der Waals surface area (Å²) in [5.74, 6) is 1.27. The van der Waals surface area contributed by atoms with Crippen molar-refractivity contribution in [3.05, 3.63) is 65.7 Å². The molecule has 1 atom stereocenters. The molecule has 5 heteroatoms. The minimum Gasteiger partial charge on any atom is -0.490 e. The fourth-order valence-corrected chi connectivity index (χ4v) is 4.93. The summed E-state index contributed by atoms with van der Waals surface area (Å²) < 4.78 is 11.6. The van der Waals surface area contributed by atoms with Crippen molar-refractivity contribution < 1.29 is 19.7 Å². The minimum absolute atomic E-state index is 0.168. The lowest BCUT2D eigenvalue weighted by Crippen LogP contribution is -2.53. The van der Waals surface area contributed by atoms with Crippen molar-refractivity contribution in [3.8, 4) is 5.75 Å². The Balaban J connectivity index is 1.33. The summed E-state index contributed by atoms with van der Waals surface area (Å²) >= 11 is 0. The van der Waals surface area contributed by atoms with E-state index in [1.54, 1.807) is 0 Å². The number of ether oxygens (including phenoxy) is 2. The van der Waals surface area contributed by atoms with E-state index in [9.17, 15) is 10.2 Å². The van der Waals surface area contributed by atoms with E-state index in [1.165, 1.54) is 5.56 Å². The van der Waals surface area contributed by atoms with Gasteiger partial charge in [0.25, 0.3) is 0 Å². The van der Waals surface area contributed by atoms with E-state index in [-0.39, 0.29) is 13.2 Å². The van der Waals surface area contributed by atoms with Gasteiger partial charge in [0, 0.05) is 19.6 Å². The molecule has 1 saturated carbocycles. The molecule has 0 bridgehead atoms. The lowest BCUT2D eigenvalue weighted by atomic mass is 9.76. The smallest absolute Gasteiger partial charge is 0.134 e. The van der Waals surface area contributed by atoms with E-state index in [4.69, 9.17) is 9.47 Å². The number of benzene rings is 2. The minimum atomic E-state index is -1.10. The third-order valence-electron chi connectivity index (χ3n) is 6.64. The van der Waals surface area contributed by atoms with E-state index >= 15 is 0 Å². The van der Waals surface area contributed by atoms with Crippen LogP contribution in [0.1, 0.15) is 42.7 Å². The van der Waals surface area contributed by atoms with Gasteiger partial charge in [-0.1, -0.05) is 42.5 Å². The molecule has 1 heterocycles. The molecule has 1 aliphatic heterocycles. The molecule has 1 saturated heterocycles. The summed E-state index contributed by atoms with van der Waals surface area (Å²) in [5, 5.41) is 22.5. The highest BCUT2D eigenvalue weighted by Gasteiger charge is 2.39. The van der Waals surface area contributed by atoms with Crippen LogP contribution >= 0.6 is 0 Å². The molecule has 0 spiro atoms. The predicted molar refractivity (Wildman–Crippen MR) is 121 cm³/mol. The summed E-state index contributed by atoms with van der Waals surface area (Å²) in [4.78, 5) is 2.15. The molecule has 2 aromatic rings. The summed E-state index contributed by atoms with van der Waals surface area (Å²) in [7, 11) is 0. The van der Waals surface area contributed by atoms with Crippen LogP contribution in [0.2, 0.25) is 0 Å². The van der Waals surface area contributed by atoms with Crippen molar-refractivity contribution >= 4 is 0 Å². The molecule has 2 fully saturated rings. The standard InChI is InChI=1S/C26H35NO4/c1-21-6-5-9-24(16-21)31-20-26(29)18-27(14-15-30-19-26)17-25(28)12-10-23(11-13-25)22-7-3-2-4-8-22/h2-9,16,23,28-29H,10-15,17-20H2,1H3. The number of aryl methyl sites for hydroxylation is 1. The predicted octanol–water partition coefficient (Wildman–Crippen LogP) is 3.53. The van der Waals surface area contributed by atoms with Gasteiger partial charge >= 0.3 is 0 Å². The van der Waals surface area contributed by atoms with E-state index in [0.29, 0.717) is 32.2 Å². The van der Waals surface area contributed by atoms with Crippen LogP contribution in [0, 0.1) is 6.92 Å². The Labute approximate surface area is 185 Å². The number of rotatable bonds is 6. The maximum Gasteiger partial charge on any atom is 0.134 e. The van der Waals surface area contributed by atoms with Crippen molar-refractivity contribution in [1.29, 1.82) is 0 Å². The number of aliphatic hydroxyl groups is 2. The number of nitrogens with zero attached hydrogens (tertiary/aromatic N) is 1. The second-order valence-electron chi connectivity index (χ2n) is 9.50. The van der Waals surface area contributed by atoms with Gasteiger partial charge in [-0.25, -0.2) is 0 Å². The summed E-state index contributed by atoms with van der Waals surface area (Å²) in [6.07, 6.45) is 3.54. The van der Waals surface area contributed by atoms with Crippen molar-refractivity contribution in [2.45, 2.75) is 49.7 Å². The van der Waals surface area contributed by atoms with Gasteiger partial charge in [-0.05, 0) is 61.8 Å². The Morgan fingerprint density at radius 2 is 1.81 bits per heavy atom. The van der Waals surface area contributed by atoms with Gasteiger partial charge in [0.2, 0.25) is 0 Å². The molecule has 31 heavy (non-hydrogen) atoms. The Kier molecular flexibility index (Phi) is 6.97. The maximum atomic E-state index is 11.3. The first-order chi connectivity index (χ1) is 14.9. The Morgan fingerprint density at radius 1 is 1.03 bits per heavy atom. The highest BCUT2D eigenvalue weighted by atomic mass is 16.5. The third kappa shape index (κ3) is 6.07. The maximum absolute atomic E-state index is 11.3. The van der Waals surface area contributed by atoms with Crippen molar-refractivity contribution in [1.82, 2.24) is 4.90 Å². The van der Waals surface area contributed by atoms with Crippen molar-refractivity contribution in [2.24, 2.45) is 0 Å². The van der Waals surface area contributed by atoms with E-state index in [0.717, 1.165) is 37.0 Å². The molecule has 0 aromatic heterocycles. The highest BCUT2D eigenvalue weighted by Crippen LogP contribution is 2.38. The molecule has 2 aliphatic rings. The van der Waals surface area contributed by atoms with Gasteiger partial charge in [0.05, 0.1) is 18.8 Å². The van der Waals surface area contributed by atoms with Crippen LogP contribution in [-0.4, -0.2) is 65.8 Å². The van der Waals surface area contributed by atoms with Crippen LogP contribution in [-0.2, 0) is 4.74 Å². The molecule has 4 rings (SSSR count). The van der Waals surface area contributed by atoms with E-state index < -0.39 is 11.2 Å². The lowest BCUT2D eigenvalue weighted by molar-refractivity contribution is -0.0766. The molecular formula is C26H35NO4. The van der Waals surface area contributed by atoms with Gasteiger partial charge in [-0.3, -0.25) is 4.90 Å². The third-order valence-corrected chi connectivity index (χ3v) is 6.64. The molecule has 0 amide bonds. The summed E-state index contributed by atoms with van der Waals surface area (Å²) in [6, 6.07) is 18.4. The monoisotopic (exact) mass is 425 g/mol. The fraction of sp³-hybridized carbons (Fsp3) is 0.538. The lowest BCUT2D eigenvalue weighted by Gasteiger charge is -2.40. The van der Waals surface area contributed by atoms with Crippen LogP contribution < -0.4 is 4.74 Å². The first-order valence-electron chi connectivity index (χ1n) is 11.4. The van der Waals surface area contributed by atoms with Gasteiger partial charge in [0.1, 0.15) is 18.0 Å². The Hall–Kier alpha value is -1.92. The molecule has 2 N–H and O–H groups in total. The highest BCUT2D eigenvalue weighted by molar-refractivity contribution is 5.27. The van der Waals surface area contributed by atoms with E-state index in [1.807, 2.05) is 37.3 Å². The zero-order valence-electron chi connectivity index (χ0n) is 18.5. The molecule has 5 nitrogen and oxygen atoms in total. The number of hydrogen-bond acceptors (Lipinski definition) is 5. The zero-order chi connectivity index (χ0) is 21.7. The Bertz CT molecular complexity index is 834. The fourth-order valence-electron chi connectivity index (χ4n) is 4.93. The van der Waals surface area contributed by atoms with E-state index in [2.05, 4.69) is 29.2 Å². The van der Waals surface area contributed by atoms with Crippen molar-refractivity contribution in [3.63, 3.8) is 0 Å². The van der Waals surface area contributed by atoms with Crippen molar-refractivity contribution in [2.75, 3.05) is 39.5 Å². The zero-order valence-corrected chi connectivity index (χ0v) is 18.5. The van der Waals surface area contributed by atoms with Gasteiger partial charge in [0.15, 0.2) is 0 Å². The van der Waals surface area contributed by atoms with Gasteiger partial charge < -0.3 is 19.7 Å². The van der Waals surface area contributed by atoms with Gasteiger partial charge in [-0.2, -0.15) is 0 Å². The molecule has 168 valence electrons. The molecule has 0 radical (unpaired) electrons. The van der Waals surface area contributed by atoms with Crippen LogP contribution in [0.25, 0.3) is 0 Å². The summed E-state index contributed by atoms with van der Waals surface area (Å²) in [6.45, 7) is 4.68. The average Bonchev–Trinajstić information content (AvgIpc) is 2.94. The van der Waals surface area contributed by atoms with Crippen LogP contribution in [0.4, 0.5) is 0 Å². The summed E-state index contributed by atoms with van der Waals surface area (Å²) in [5.41, 5.74) is 0.679. The number of hydrogen-bond donors (Lipinski definition) is 2. The molecule has 1 aliphatic carbocycles. The second-order valence-corrected chi connectivity index (χ2v) is 9.50. The van der Waals surface area contributed by atoms with Gasteiger partial charge in [-0.15, -0.1) is 0 Å². The van der Waals surface area contributed by atoms with Crippen LogP contribution in [0.15, 0.2) is 54.6 Å². The van der Waals surface area contributed by atoms with Crippen LogP contribution in [0.5, 0.6) is 5.75 Å². The van der Waals surface area contributed by atoms with Crippen LogP contribution in [0.3, 0.4) is 0 Å². The second kappa shape index (κ2) is 9.70. The first kappa shape index (κ1) is 22.3.